The summed E-state index contributed by atoms with van der Waals surface area (Å²) in [6, 6.07) is 3.89. The van der Waals surface area contributed by atoms with Crippen molar-refractivity contribution in [2.24, 2.45) is 10.9 Å². The van der Waals surface area contributed by atoms with Gasteiger partial charge in [-0.3, -0.25) is 4.99 Å². The molecule has 2 rings (SSSR count). The molecule has 0 saturated heterocycles. The molecule has 0 spiro atoms. The topological polar surface area (TPSA) is 67.8 Å². The number of nitrogens with one attached hydrogen (secondary N) is 2. The molecule has 6 heteroatoms. The van der Waals surface area contributed by atoms with Crippen molar-refractivity contribution in [1.29, 1.82) is 0 Å². The predicted molar refractivity (Wildman–Crippen MR) is 106 cm³/mol. The second-order valence-corrected chi connectivity index (χ2v) is 6.84. The van der Waals surface area contributed by atoms with Gasteiger partial charge in [-0.1, -0.05) is 38.2 Å². The largest absolute Gasteiger partial charge is 0.475 e. The maximum atomic E-state index is 5.47. The van der Waals surface area contributed by atoms with Crippen LogP contribution < -0.4 is 15.4 Å². The Labute approximate surface area is 157 Å². The average molecular weight is 363 g/mol. The van der Waals surface area contributed by atoms with Gasteiger partial charge in [-0.25, -0.2) is 4.98 Å². The van der Waals surface area contributed by atoms with Crippen molar-refractivity contribution in [3.8, 4) is 5.88 Å². The van der Waals surface area contributed by atoms with Crippen molar-refractivity contribution in [2.75, 3.05) is 33.9 Å². The number of hydrogen-bond donors (Lipinski definition) is 2. The zero-order chi connectivity index (χ0) is 18.5. The summed E-state index contributed by atoms with van der Waals surface area (Å²) in [5.74, 6) is 2.40. The van der Waals surface area contributed by atoms with Crippen molar-refractivity contribution in [2.45, 2.75) is 51.5 Å². The van der Waals surface area contributed by atoms with Crippen molar-refractivity contribution < 1.29 is 9.47 Å². The average Bonchev–Trinajstić information content (AvgIpc) is 2.69. The van der Waals surface area contributed by atoms with Crippen LogP contribution in [0.4, 0.5) is 0 Å². The van der Waals surface area contributed by atoms with E-state index in [-0.39, 0.29) is 0 Å². The third-order valence-corrected chi connectivity index (χ3v) is 4.82. The first-order valence-electron chi connectivity index (χ1n) is 9.83. The van der Waals surface area contributed by atoms with Gasteiger partial charge in [0, 0.05) is 39.5 Å². The van der Waals surface area contributed by atoms with Gasteiger partial charge in [-0.2, -0.15) is 0 Å². The second-order valence-electron chi connectivity index (χ2n) is 6.84. The minimum atomic E-state index is 0.512. The molecule has 0 aromatic carbocycles. The van der Waals surface area contributed by atoms with E-state index in [0.717, 1.165) is 24.0 Å². The van der Waals surface area contributed by atoms with Crippen molar-refractivity contribution in [3.63, 3.8) is 0 Å². The zero-order valence-corrected chi connectivity index (χ0v) is 16.3. The van der Waals surface area contributed by atoms with Crippen LogP contribution in [0.3, 0.4) is 0 Å². The maximum absolute atomic E-state index is 5.47. The van der Waals surface area contributed by atoms with Crippen molar-refractivity contribution in [3.05, 3.63) is 23.9 Å². The van der Waals surface area contributed by atoms with Gasteiger partial charge >= 0.3 is 0 Å². The van der Waals surface area contributed by atoms with Crippen LogP contribution in [0.2, 0.25) is 0 Å². The highest BCUT2D eigenvalue weighted by atomic mass is 16.5. The highest BCUT2D eigenvalue weighted by Gasteiger charge is 2.12. The van der Waals surface area contributed by atoms with E-state index in [1.54, 1.807) is 7.11 Å². The molecule has 0 unspecified atom stereocenters. The van der Waals surface area contributed by atoms with Crippen molar-refractivity contribution in [1.82, 2.24) is 15.6 Å². The third kappa shape index (κ3) is 8.04. The molecule has 146 valence electrons. The molecule has 2 N–H and O–H groups in total. The van der Waals surface area contributed by atoms with Gasteiger partial charge in [0.25, 0.3) is 0 Å². The Morgan fingerprint density at radius 2 is 2.04 bits per heavy atom. The smallest absolute Gasteiger partial charge is 0.213 e. The van der Waals surface area contributed by atoms with Crippen LogP contribution in [-0.2, 0) is 11.3 Å². The van der Waals surface area contributed by atoms with E-state index in [4.69, 9.17) is 9.47 Å². The van der Waals surface area contributed by atoms with E-state index in [1.807, 2.05) is 25.4 Å². The third-order valence-electron chi connectivity index (χ3n) is 4.82. The Bertz CT molecular complexity index is 513. The molecule has 6 nitrogen and oxygen atoms in total. The molecule has 1 aromatic rings. The number of hydrogen-bond acceptors (Lipinski definition) is 4. The molecule has 26 heavy (non-hydrogen) atoms. The summed E-state index contributed by atoms with van der Waals surface area (Å²) in [4.78, 5) is 8.59. The normalized spacial score (nSPS) is 15.7. The van der Waals surface area contributed by atoms with E-state index in [2.05, 4.69) is 20.6 Å². The number of methoxy groups -OCH3 is 1. The van der Waals surface area contributed by atoms with Gasteiger partial charge < -0.3 is 20.1 Å². The maximum Gasteiger partial charge on any atom is 0.213 e. The lowest BCUT2D eigenvalue weighted by atomic mass is 9.86. The molecular formula is C20H34N4O2. The van der Waals surface area contributed by atoms with Crippen LogP contribution in [0.25, 0.3) is 0 Å². The van der Waals surface area contributed by atoms with Gasteiger partial charge in [-0.15, -0.1) is 0 Å². The number of aliphatic imine (C=N–C) groups is 1. The molecule has 1 aliphatic carbocycles. The zero-order valence-electron chi connectivity index (χ0n) is 16.3. The lowest BCUT2D eigenvalue weighted by molar-refractivity contribution is 0.143. The second kappa shape index (κ2) is 12.5. The molecule has 1 fully saturated rings. The Hall–Kier alpha value is -1.82. The predicted octanol–water partition coefficient (Wildman–Crippen LogP) is 3.13. The Morgan fingerprint density at radius 3 is 2.73 bits per heavy atom. The van der Waals surface area contributed by atoms with E-state index in [1.165, 1.54) is 44.9 Å². The molecular weight excluding hydrogens is 328 g/mol. The minimum absolute atomic E-state index is 0.512. The van der Waals surface area contributed by atoms with Gasteiger partial charge in [0.15, 0.2) is 5.96 Å². The molecule has 1 heterocycles. The summed E-state index contributed by atoms with van der Waals surface area (Å²) >= 11 is 0. The number of pyridine rings is 1. The quantitative estimate of drug-likeness (QED) is 0.380. The first-order valence-corrected chi connectivity index (χ1v) is 9.83. The lowest BCUT2D eigenvalue weighted by Crippen LogP contribution is -2.37. The Balaban J connectivity index is 1.61. The van der Waals surface area contributed by atoms with Crippen LogP contribution in [0.1, 0.15) is 50.5 Å². The summed E-state index contributed by atoms with van der Waals surface area (Å²) < 4.78 is 10.4. The van der Waals surface area contributed by atoms with Gasteiger partial charge in [0.2, 0.25) is 5.88 Å². The Morgan fingerprint density at radius 1 is 1.19 bits per heavy atom. The molecule has 0 amide bonds. The Kier molecular flexibility index (Phi) is 9.87. The number of aromatic nitrogens is 1. The van der Waals surface area contributed by atoms with Gasteiger partial charge in [0.05, 0.1) is 6.61 Å². The number of rotatable bonds is 10. The fraction of sp³-hybridized carbons (Fsp3) is 0.700. The van der Waals surface area contributed by atoms with Crippen LogP contribution >= 0.6 is 0 Å². The molecule has 1 aromatic heterocycles. The molecule has 0 atom stereocenters. The first kappa shape index (κ1) is 20.5. The van der Waals surface area contributed by atoms with E-state index >= 15 is 0 Å². The summed E-state index contributed by atoms with van der Waals surface area (Å²) in [6.07, 6.45) is 11.5. The summed E-state index contributed by atoms with van der Waals surface area (Å²) in [5.41, 5.74) is 1.09. The van der Waals surface area contributed by atoms with E-state index in [9.17, 15) is 0 Å². The fourth-order valence-electron chi connectivity index (χ4n) is 3.31. The molecule has 1 saturated carbocycles. The van der Waals surface area contributed by atoms with Crippen molar-refractivity contribution >= 4 is 5.96 Å². The fourth-order valence-corrected chi connectivity index (χ4v) is 3.31. The number of guanidine groups is 1. The summed E-state index contributed by atoms with van der Waals surface area (Å²) in [5, 5.41) is 6.74. The first-order chi connectivity index (χ1) is 12.8. The summed E-state index contributed by atoms with van der Waals surface area (Å²) in [6.45, 7) is 2.74. The SMILES string of the molecule is CN=C(NCCCC1CCCCC1)NCc1ccc(OCCOC)nc1. The van der Waals surface area contributed by atoms with Crippen LogP contribution in [0.5, 0.6) is 5.88 Å². The minimum Gasteiger partial charge on any atom is -0.475 e. The standard InChI is InChI=1S/C20H34N4O2/c1-21-20(22-12-6-9-17-7-4-3-5-8-17)24-16-18-10-11-19(23-15-18)26-14-13-25-2/h10-11,15,17H,3-9,12-14,16H2,1-2H3,(H2,21,22,24). The lowest BCUT2D eigenvalue weighted by Gasteiger charge is -2.21. The van der Waals surface area contributed by atoms with Gasteiger partial charge in [0.1, 0.15) is 6.61 Å². The monoisotopic (exact) mass is 362 g/mol. The van der Waals surface area contributed by atoms with E-state index < -0.39 is 0 Å². The van der Waals surface area contributed by atoms with E-state index in [0.29, 0.717) is 25.6 Å². The van der Waals surface area contributed by atoms with Crippen LogP contribution in [0, 0.1) is 5.92 Å². The summed E-state index contributed by atoms with van der Waals surface area (Å²) in [7, 11) is 3.46. The molecule has 0 radical (unpaired) electrons. The highest BCUT2D eigenvalue weighted by Crippen LogP contribution is 2.26. The van der Waals surface area contributed by atoms with Crippen LogP contribution in [0.15, 0.2) is 23.3 Å². The molecule has 0 bridgehead atoms. The molecule has 0 aliphatic heterocycles. The van der Waals surface area contributed by atoms with Crippen LogP contribution in [-0.4, -0.2) is 44.9 Å². The molecule has 1 aliphatic rings. The van der Waals surface area contributed by atoms with Gasteiger partial charge in [-0.05, 0) is 24.3 Å². The number of nitrogens with zero attached hydrogens (tertiary/aromatic N) is 2. The highest BCUT2D eigenvalue weighted by molar-refractivity contribution is 5.79. The number of ether oxygens (including phenoxy) is 2.